The Kier molecular flexibility index (Phi) is 5.95. The lowest BCUT2D eigenvalue weighted by molar-refractivity contribution is -0.132. The van der Waals surface area contributed by atoms with Gasteiger partial charge in [-0.3, -0.25) is 4.79 Å². The first kappa shape index (κ1) is 16.5. The van der Waals surface area contributed by atoms with E-state index in [0.717, 1.165) is 31.5 Å². The summed E-state index contributed by atoms with van der Waals surface area (Å²) < 4.78 is 5.46. The quantitative estimate of drug-likeness (QED) is 0.875. The lowest BCUT2D eigenvalue weighted by atomic mass is 9.98. The van der Waals surface area contributed by atoms with Gasteiger partial charge in [0.1, 0.15) is 0 Å². The van der Waals surface area contributed by atoms with Crippen LogP contribution in [0.2, 0.25) is 0 Å². The van der Waals surface area contributed by atoms with Crippen molar-refractivity contribution in [1.82, 2.24) is 4.90 Å². The van der Waals surface area contributed by atoms with Gasteiger partial charge >= 0.3 is 5.97 Å². The van der Waals surface area contributed by atoms with E-state index in [2.05, 4.69) is 0 Å². The van der Waals surface area contributed by atoms with Crippen molar-refractivity contribution in [1.29, 1.82) is 0 Å². The minimum atomic E-state index is -0.951. The number of ether oxygens (including phenoxy) is 1. The normalized spacial score (nSPS) is 18.2. The highest BCUT2D eigenvalue weighted by molar-refractivity contribution is 5.87. The molecule has 1 fully saturated rings. The van der Waals surface area contributed by atoms with Crippen LogP contribution < -0.4 is 0 Å². The van der Waals surface area contributed by atoms with Crippen molar-refractivity contribution in [2.45, 2.75) is 26.2 Å². The molecule has 1 heterocycles. The van der Waals surface area contributed by atoms with Crippen molar-refractivity contribution < 1.29 is 19.4 Å². The van der Waals surface area contributed by atoms with Crippen LogP contribution in [-0.2, 0) is 16.0 Å². The van der Waals surface area contributed by atoms with E-state index in [1.54, 1.807) is 24.3 Å². The molecule has 120 valence electrons. The number of likely N-dealkylation sites (tertiary alicyclic amines) is 1. The summed E-state index contributed by atoms with van der Waals surface area (Å²) in [5.74, 6) is -0.427. The third-order valence-electron chi connectivity index (χ3n) is 3.99. The smallest absolute Gasteiger partial charge is 0.335 e. The van der Waals surface area contributed by atoms with Gasteiger partial charge in [0, 0.05) is 19.7 Å². The number of piperidine rings is 1. The van der Waals surface area contributed by atoms with Gasteiger partial charge < -0.3 is 14.7 Å². The first-order valence-corrected chi connectivity index (χ1v) is 7.78. The molecule has 0 aromatic heterocycles. The summed E-state index contributed by atoms with van der Waals surface area (Å²) in [5.41, 5.74) is 1.09. The van der Waals surface area contributed by atoms with Crippen molar-refractivity contribution in [3.8, 4) is 0 Å². The summed E-state index contributed by atoms with van der Waals surface area (Å²) in [5, 5.41) is 8.87. The summed E-state index contributed by atoms with van der Waals surface area (Å²) in [6, 6.07) is 6.50. The summed E-state index contributed by atoms with van der Waals surface area (Å²) in [7, 11) is 0. The second kappa shape index (κ2) is 7.94. The van der Waals surface area contributed by atoms with Crippen LogP contribution >= 0.6 is 0 Å². The maximum Gasteiger partial charge on any atom is 0.335 e. The van der Waals surface area contributed by atoms with Gasteiger partial charge in [-0.1, -0.05) is 12.1 Å². The maximum atomic E-state index is 12.4. The molecule has 1 N–H and O–H groups in total. The van der Waals surface area contributed by atoms with Crippen LogP contribution in [0.25, 0.3) is 0 Å². The number of benzene rings is 1. The Labute approximate surface area is 130 Å². The number of hydrogen-bond acceptors (Lipinski definition) is 3. The van der Waals surface area contributed by atoms with E-state index in [1.165, 1.54) is 0 Å². The minimum Gasteiger partial charge on any atom is -0.478 e. The summed E-state index contributed by atoms with van der Waals surface area (Å²) in [4.78, 5) is 25.1. The number of carboxylic acid groups (broad SMARTS) is 1. The second-order valence-electron chi connectivity index (χ2n) is 5.69. The van der Waals surface area contributed by atoms with Gasteiger partial charge in [0.2, 0.25) is 5.91 Å². The fraction of sp³-hybridized carbons (Fsp3) is 0.529. The Hall–Kier alpha value is -1.88. The predicted octanol–water partition coefficient (Wildman–Crippen LogP) is 2.20. The standard InChI is InChI=1S/C17H23NO4/c1-2-22-12-14-4-3-9-18(11-14)16(19)10-13-5-7-15(8-6-13)17(20)21/h5-8,14H,2-4,9-12H2,1H3,(H,20,21). The van der Waals surface area contributed by atoms with Crippen LogP contribution in [0, 0.1) is 5.92 Å². The zero-order valence-electron chi connectivity index (χ0n) is 13.0. The van der Waals surface area contributed by atoms with E-state index in [1.807, 2.05) is 11.8 Å². The molecule has 1 aliphatic rings. The van der Waals surface area contributed by atoms with Crippen LogP contribution in [0.1, 0.15) is 35.7 Å². The molecule has 0 radical (unpaired) electrons. The number of carboxylic acids is 1. The molecule has 0 aliphatic carbocycles. The lowest BCUT2D eigenvalue weighted by Crippen LogP contribution is -2.42. The van der Waals surface area contributed by atoms with E-state index in [9.17, 15) is 9.59 Å². The van der Waals surface area contributed by atoms with Gasteiger partial charge in [-0.2, -0.15) is 0 Å². The average Bonchev–Trinajstić information content (AvgIpc) is 2.53. The number of hydrogen-bond donors (Lipinski definition) is 1. The maximum absolute atomic E-state index is 12.4. The molecule has 22 heavy (non-hydrogen) atoms. The second-order valence-corrected chi connectivity index (χ2v) is 5.69. The third kappa shape index (κ3) is 4.56. The van der Waals surface area contributed by atoms with Crippen molar-refractivity contribution in [2.24, 2.45) is 5.92 Å². The number of rotatable bonds is 6. The Morgan fingerprint density at radius 1 is 1.32 bits per heavy atom. The van der Waals surface area contributed by atoms with Crippen molar-refractivity contribution >= 4 is 11.9 Å². The largest absolute Gasteiger partial charge is 0.478 e. The molecule has 2 rings (SSSR count). The summed E-state index contributed by atoms with van der Waals surface area (Å²) in [6.45, 7) is 4.96. The zero-order valence-corrected chi connectivity index (χ0v) is 13.0. The van der Waals surface area contributed by atoms with E-state index < -0.39 is 5.97 Å². The van der Waals surface area contributed by atoms with Crippen LogP contribution in [0.15, 0.2) is 24.3 Å². The molecular weight excluding hydrogens is 282 g/mol. The summed E-state index contributed by atoms with van der Waals surface area (Å²) >= 11 is 0. The number of carbonyl (C=O) groups excluding carboxylic acids is 1. The topological polar surface area (TPSA) is 66.8 Å². The highest BCUT2D eigenvalue weighted by Gasteiger charge is 2.23. The minimum absolute atomic E-state index is 0.101. The number of amides is 1. The van der Waals surface area contributed by atoms with Crippen LogP contribution in [0.4, 0.5) is 0 Å². The predicted molar refractivity (Wildman–Crippen MR) is 82.9 cm³/mol. The molecule has 1 saturated heterocycles. The van der Waals surface area contributed by atoms with Crippen LogP contribution in [0.3, 0.4) is 0 Å². The van der Waals surface area contributed by atoms with Crippen molar-refractivity contribution in [2.75, 3.05) is 26.3 Å². The monoisotopic (exact) mass is 305 g/mol. The highest BCUT2D eigenvalue weighted by atomic mass is 16.5. The molecule has 5 nitrogen and oxygen atoms in total. The van der Waals surface area contributed by atoms with Crippen molar-refractivity contribution in [3.05, 3.63) is 35.4 Å². The molecule has 1 aromatic rings. The van der Waals surface area contributed by atoms with Crippen LogP contribution in [0.5, 0.6) is 0 Å². The highest BCUT2D eigenvalue weighted by Crippen LogP contribution is 2.18. The van der Waals surface area contributed by atoms with Crippen LogP contribution in [-0.4, -0.2) is 48.2 Å². The fourth-order valence-electron chi connectivity index (χ4n) is 2.76. The van der Waals surface area contributed by atoms with E-state index in [0.29, 0.717) is 25.6 Å². The Bertz CT molecular complexity index is 512. The van der Waals surface area contributed by atoms with Gasteiger partial charge in [0.05, 0.1) is 18.6 Å². The summed E-state index contributed by atoms with van der Waals surface area (Å²) in [6.07, 6.45) is 2.44. The molecule has 5 heteroatoms. The molecule has 0 bridgehead atoms. The molecule has 1 aromatic carbocycles. The van der Waals surface area contributed by atoms with Gasteiger partial charge in [0.25, 0.3) is 0 Å². The SMILES string of the molecule is CCOCC1CCCN(C(=O)Cc2ccc(C(=O)O)cc2)C1. The van der Waals surface area contributed by atoms with Gasteiger partial charge in [-0.05, 0) is 43.4 Å². The zero-order chi connectivity index (χ0) is 15.9. The first-order valence-electron chi connectivity index (χ1n) is 7.78. The Morgan fingerprint density at radius 2 is 2.05 bits per heavy atom. The molecule has 1 unspecified atom stereocenters. The molecule has 0 saturated carbocycles. The van der Waals surface area contributed by atoms with Gasteiger partial charge in [-0.25, -0.2) is 4.79 Å². The molecule has 0 spiro atoms. The van der Waals surface area contributed by atoms with Gasteiger partial charge in [-0.15, -0.1) is 0 Å². The van der Waals surface area contributed by atoms with E-state index >= 15 is 0 Å². The lowest BCUT2D eigenvalue weighted by Gasteiger charge is -2.32. The van der Waals surface area contributed by atoms with Crippen molar-refractivity contribution in [3.63, 3.8) is 0 Å². The molecule has 1 aliphatic heterocycles. The fourth-order valence-corrected chi connectivity index (χ4v) is 2.76. The number of nitrogens with zero attached hydrogens (tertiary/aromatic N) is 1. The first-order chi connectivity index (χ1) is 10.6. The third-order valence-corrected chi connectivity index (χ3v) is 3.99. The van der Waals surface area contributed by atoms with E-state index in [-0.39, 0.29) is 11.5 Å². The van der Waals surface area contributed by atoms with Gasteiger partial charge in [0.15, 0.2) is 0 Å². The number of aromatic carboxylic acids is 1. The Morgan fingerprint density at radius 3 is 2.68 bits per heavy atom. The Balaban J connectivity index is 1.89. The van der Waals surface area contributed by atoms with E-state index in [4.69, 9.17) is 9.84 Å². The molecule has 1 amide bonds. The molecular formula is C17H23NO4. The average molecular weight is 305 g/mol. The molecule has 1 atom stereocenters. The number of carbonyl (C=O) groups is 2.